The van der Waals surface area contributed by atoms with Gasteiger partial charge in [-0.2, -0.15) is 0 Å². The van der Waals surface area contributed by atoms with E-state index in [1.807, 2.05) is 0 Å². The van der Waals surface area contributed by atoms with Crippen molar-refractivity contribution in [3.05, 3.63) is 65.1 Å². The molecule has 0 radical (unpaired) electrons. The number of Topliss-reactive ketones (excluding diaryl/α,β-unsaturated/α-hetero) is 1. The summed E-state index contributed by atoms with van der Waals surface area (Å²) in [7, 11) is 1.44. The average molecular weight is 413 g/mol. The van der Waals surface area contributed by atoms with Crippen LogP contribution in [0.5, 0.6) is 11.5 Å². The van der Waals surface area contributed by atoms with E-state index in [9.17, 15) is 14.0 Å². The Balaban J connectivity index is 1.58. The maximum absolute atomic E-state index is 13.1. The lowest BCUT2D eigenvalue weighted by molar-refractivity contribution is -0.147. The molecule has 0 aliphatic heterocycles. The number of hydrogen-bond donors (Lipinski definition) is 0. The molecule has 30 heavy (non-hydrogen) atoms. The largest absolute Gasteiger partial charge is 0.493 e. The van der Waals surface area contributed by atoms with Gasteiger partial charge in [0.05, 0.1) is 7.11 Å². The standard InChI is InChI=1S/C22H20FNO6/c1-13-18(24-30-22(13)15-4-7-17(23)8-5-15)11-29-21(26)12-28-19-9-6-16(14(2)25)10-20(19)27-3/h4-10H,11-12H2,1-3H3. The van der Waals surface area contributed by atoms with Crippen LogP contribution >= 0.6 is 0 Å². The molecule has 0 atom stereocenters. The van der Waals surface area contributed by atoms with E-state index in [1.165, 1.54) is 26.2 Å². The fourth-order valence-corrected chi connectivity index (χ4v) is 2.71. The fourth-order valence-electron chi connectivity index (χ4n) is 2.71. The Morgan fingerprint density at radius 1 is 1.10 bits per heavy atom. The van der Waals surface area contributed by atoms with Crippen LogP contribution in [0, 0.1) is 12.7 Å². The number of methoxy groups -OCH3 is 1. The third kappa shape index (κ3) is 4.83. The number of aromatic nitrogens is 1. The number of benzene rings is 2. The van der Waals surface area contributed by atoms with Gasteiger partial charge in [-0.1, -0.05) is 5.16 Å². The van der Waals surface area contributed by atoms with Crippen LogP contribution in [0.1, 0.15) is 28.5 Å². The molecular formula is C22H20FNO6. The van der Waals surface area contributed by atoms with Gasteiger partial charge < -0.3 is 18.7 Å². The first-order chi connectivity index (χ1) is 14.4. The van der Waals surface area contributed by atoms with Crippen molar-refractivity contribution in [3.8, 4) is 22.8 Å². The van der Waals surface area contributed by atoms with E-state index in [0.29, 0.717) is 39.6 Å². The maximum atomic E-state index is 13.1. The molecule has 7 nitrogen and oxygen atoms in total. The SMILES string of the molecule is COc1cc(C(C)=O)ccc1OCC(=O)OCc1noc(-c2ccc(F)cc2)c1C. The zero-order valence-corrected chi connectivity index (χ0v) is 16.7. The number of ether oxygens (including phenoxy) is 3. The van der Waals surface area contributed by atoms with Gasteiger partial charge in [-0.05, 0) is 56.3 Å². The van der Waals surface area contributed by atoms with Crippen LogP contribution in [0.2, 0.25) is 0 Å². The number of rotatable bonds is 8. The summed E-state index contributed by atoms with van der Waals surface area (Å²) in [5.74, 6) is 0.0633. The Bertz CT molecular complexity index is 1060. The highest BCUT2D eigenvalue weighted by Gasteiger charge is 2.16. The molecule has 0 N–H and O–H groups in total. The quantitative estimate of drug-likeness (QED) is 0.405. The molecule has 0 aliphatic rings. The molecule has 156 valence electrons. The third-order valence-corrected chi connectivity index (χ3v) is 4.41. The van der Waals surface area contributed by atoms with Crippen LogP contribution in [0.4, 0.5) is 4.39 Å². The van der Waals surface area contributed by atoms with Crippen molar-refractivity contribution in [2.75, 3.05) is 13.7 Å². The molecule has 8 heteroatoms. The Kier molecular flexibility index (Phi) is 6.46. The average Bonchev–Trinajstić information content (AvgIpc) is 3.11. The zero-order valence-electron chi connectivity index (χ0n) is 16.7. The highest BCUT2D eigenvalue weighted by Crippen LogP contribution is 2.29. The van der Waals surface area contributed by atoms with Gasteiger partial charge in [0, 0.05) is 16.7 Å². The monoisotopic (exact) mass is 413 g/mol. The van der Waals surface area contributed by atoms with Crippen LogP contribution in [-0.2, 0) is 16.1 Å². The van der Waals surface area contributed by atoms with Gasteiger partial charge in [0.1, 0.15) is 18.1 Å². The lowest BCUT2D eigenvalue weighted by Gasteiger charge is -2.11. The second-order valence-electron chi connectivity index (χ2n) is 6.46. The van der Waals surface area contributed by atoms with Gasteiger partial charge in [-0.25, -0.2) is 9.18 Å². The molecule has 2 aromatic carbocycles. The first-order valence-electron chi connectivity index (χ1n) is 9.07. The van der Waals surface area contributed by atoms with Crippen molar-refractivity contribution in [3.63, 3.8) is 0 Å². The second-order valence-corrected chi connectivity index (χ2v) is 6.46. The molecule has 0 saturated carbocycles. The number of esters is 1. The van der Waals surface area contributed by atoms with E-state index >= 15 is 0 Å². The van der Waals surface area contributed by atoms with Crippen LogP contribution in [0.15, 0.2) is 47.0 Å². The number of ketones is 1. The predicted octanol–water partition coefficient (Wildman–Crippen LogP) is 4.12. The summed E-state index contributed by atoms with van der Waals surface area (Å²) in [4.78, 5) is 23.5. The van der Waals surface area contributed by atoms with Gasteiger partial charge in [0.2, 0.25) is 0 Å². The molecule has 1 aromatic heterocycles. The summed E-state index contributed by atoms with van der Waals surface area (Å²) in [6.45, 7) is 2.77. The number of carbonyl (C=O) groups excluding carboxylic acids is 2. The summed E-state index contributed by atoms with van der Waals surface area (Å²) in [5, 5.41) is 3.92. The molecule has 1 heterocycles. The summed E-state index contributed by atoms with van der Waals surface area (Å²) in [6, 6.07) is 10.5. The minimum atomic E-state index is -0.613. The van der Waals surface area contributed by atoms with Crippen molar-refractivity contribution in [1.29, 1.82) is 0 Å². The molecule has 0 saturated heterocycles. The van der Waals surface area contributed by atoms with Crippen LogP contribution in [0.25, 0.3) is 11.3 Å². The Morgan fingerprint density at radius 3 is 2.50 bits per heavy atom. The van der Waals surface area contributed by atoms with E-state index in [0.717, 1.165) is 0 Å². The number of halogens is 1. The van der Waals surface area contributed by atoms with Crippen molar-refractivity contribution >= 4 is 11.8 Å². The molecule has 0 bridgehead atoms. The van der Waals surface area contributed by atoms with Gasteiger partial charge in [0.15, 0.2) is 29.6 Å². The topological polar surface area (TPSA) is 87.9 Å². The zero-order chi connectivity index (χ0) is 21.7. The van der Waals surface area contributed by atoms with Crippen LogP contribution < -0.4 is 9.47 Å². The van der Waals surface area contributed by atoms with Gasteiger partial charge >= 0.3 is 5.97 Å². The maximum Gasteiger partial charge on any atom is 0.344 e. The summed E-state index contributed by atoms with van der Waals surface area (Å²) >= 11 is 0. The van der Waals surface area contributed by atoms with Crippen molar-refractivity contribution in [2.24, 2.45) is 0 Å². The Hall–Kier alpha value is -3.68. The summed E-state index contributed by atoms with van der Waals surface area (Å²) in [5.41, 5.74) is 2.28. The Labute approximate surface area is 172 Å². The van der Waals surface area contributed by atoms with E-state index in [2.05, 4.69) is 5.16 Å². The molecule has 3 rings (SSSR count). The molecule has 0 amide bonds. The highest BCUT2D eigenvalue weighted by molar-refractivity contribution is 5.94. The molecular weight excluding hydrogens is 393 g/mol. The van der Waals surface area contributed by atoms with Crippen molar-refractivity contribution < 1.29 is 32.7 Å². The number of carbonyl (C=O) groups is 2. The third-order valence-electron chi connectivity index (χ3n) is 4.41. The van der Waals surface area contributed by atoms with E-state index in [4.69, 9.17) is 18.7 Å². The van der Waals surface area contributed by atoms with Gasteiger partial charge in [-0.3, -0.25) is 4.79 Å². The van der Waals surface area contributed by atoms with Crippen LogP contribution in [0.3, 0.4) is 0 Å². The number of nitrogens with zero attached hydrogens (tertiary/aromatic N) is 1. The van der Waals surface area contributed by atoms with Crippen molar-refractivity contribution in [1.82, 2.24) is 5.16 Å². The first kappa shape index (κ1) is 21.0. The van der Waals surface area contributed by atoms with Crippen LogP contribution in [-0.4, -0.2) is 30.6 Å². The molecule has 3 aromatic rings. The van der Waals surface area contributed by atoms with E-state index in [1.54, 1.807) is 37.3 Å². The second kappa shape index (κ2) is 9.21. The van der Waals surface area contributed by atoms with E-state index < -0.39 is 5.97 Å². The normalized spacial score (nSPS) is 10.5. The predicted molar refractivity (Wildman–Crippen MR) is 105 cm³/mol. The fraction of sp³-hybridized carbons (Fsp3) is 0.227. The Morgan fingerprint density at radius 2 is 1.83 bits per heavy atom. The van der Waals surface area contributed by atoms with Gasteiger partial charge in [0.25, 0.3) is 0 Å². The van der Waals surface area contributed by atoms with Crippen molar-refractivity contribution in [2.45, 2.75) is 20.5 Å². The highest BCUT2D eigenvalue weighted by atomic mass is 19.1. The summed E-state index contributed by atoms with van der Waals surface area (Å²) < 4.78 is 34.2. The lowest BCUT2D eigenvalue weighted by Crippen LogP contribution is -2.15. The number of hydrogen-bond acceptors (Lipinski definition) is 7. The summed E-state index contributed by atoms with van der Waals surface area (Å²) in [6.07, 6.45) is 0. The minimum Gasteiger partial charge on any atom is -0.493 e. The molecule has 0 spiro atoms. The van der Waals surface area contributed by atoms with E-state index in [-0.39, 0.29) is 24.8 Å². The smallest absolute Gasteiger partial charge is 0.344 e. The van der Waals surface area contributed by atoms with Gasteiger partial charge in [-0.15, -0.1) is 0 Å². The molecule has 0 aliphatic carbocycles. The lowest BCUT2D eigenvalue weighted by atomic mass is 10.1. The molecule has 0 fully saturated rings. The first-order valence-corrected chi connectivity index (χ1v) is 9.07. The minimum absolute atomic E-state index is 0.0981. The molecule has 0 unspecified atom stereocenters.